The van der Waals surface area contributed by atoms with Crippen LogP contribution in [0, 0.1) is 5.82 Å². The minimum atomic E-state index is -0.560. The van der Waals surface area contributed by atoms with Crippen LogP contribution in [0.15, 0.2) is 47.3 Å². The van der Waals surface area contributed by atoms with E-state index < -0.39 is 11.7 Å². The van der Waals surface area contributed by atoms with Gasteiger partial charge in [-0.05, 0) is 30.3 Å². The number of benzene rings is 2. The molecule has 5 nitrogen and oxygen atoms in total. The minimum absolute atomic E-state index is 0.0257. The van der Waals surface area contributed by atoms with Gasteiger partial charge in [0, 0.05) is 25.0 Å². The summed E-state index contributed by atoms with van der Waals surface area (Å²) in [6.07, 6.45) is 0.0415. The molecule has 1 N–H and O–H groups in total. The SMILES string of the molecule is Cn1c(=O)n(CCC(=O)Nc2cc(Cl)ccc2F)c2ccccc21. The summed E-state index contributed by atoms with van der Waals surface area (Å²) in [5, 5.41) is 2.81. The van der Waals surface area contributed by atoms with Crippen molar-refractivity contribution in [2.75, 3.05) is 5.32 Å². The Morgan fingerprint density at radius 2 is 1.92 bits per heavy atom. The first-order chi connectivity index (χ1) is 11.5. The molecule has 7 heteroatoms. The van der Waals surface area contributed by atoms with E-state index in [0.717, 1.165) is 11.0 Å². The third-order valence-electron chi connectivity index (χ3n) is 3.82. The number of nitrogens with zero attached hydrogens (tertiary/aromatic N) is 2. The number of rotatable bonds is 4. The molecule has 0 aliphatic heterocycles. The van der Waals surface area contributed by atoms with Gasteiger partial charge in [0.1, 0.15) is 5.82 Å². The van der Waals surface area contributed by atoms with Crippen molar-refractivity contribution in [3.8, 4) is 0 Å². The van der Waals surface area contributed by atoms with Gasteiger partial charge in [0.05, 0.1) is 16.7 Å². The summed E-state index contributed by atoms with van der Waals surface area (Å²) in [5.41, 5.74) is 1.38. The summed E-state index contributed by atoms with van der Waals surface area (Å²) < 4.78 is 16.7. The molecule has 0 spiro atoms. The van der Waals surface area contributed by atoms with Crippen molar-refractivity contribution in [1.82, 2.24) is 9.13 Å². The van der Waals surface area contributed by atoms with E-state index in [4.69, 9.17) is 11.6 Å². The van der Waals surface area contributed by atoms with Gasteiger partial charge in [-0.15, -0.1) is 0 Å². The van der Waals surface area contributed by atoms with E-state index in [2.05, 4.69) is 5.32 Å². The van der Waals surface area contributed by atoms with Crippen LogP contribution in [0.3, 0.4) is 0 Å². The van der Waals surface area contributed by atoms with Crippen LogP contribution in [0.1, 0.15) is 6.42 Å². The fourth-order valence-electron chi connectivity index (χ4n) is 2.60. The van der Waals surface area contributed by atoms with Crippen LogP contribution in [-0.2, 0) is 18.4 Å². The second kappa shape index (κ2) is 6.49. The molecule has 0 bridgehead atoms. The van der Waals surface area contributed by atoms with Crippen molar-refractivity contribution in [3.63, 3.8) is 0 Å². The Morgan fingerprint density at radius 1 is 1.21 bits per heavy atom. The first kappa shape index (κ1) is 16.3. The van der Waals surface area contributed by atoms with Gasteiger partial charge in [0.25, 0.3) is 0 Å². The largest absolute Gasteiger partial charge is 0.328 e. The van der Waals surface area contributed by atoms with E-state index in [9.17, 15) is 14.0 Å². The molecule has 124 valence electrons. The van der Waals surface area contributed by atoms with Gasteiger partial charge in [-0.3, -0.25) is 13.9 Å². The maximum atomic E-state index is 13.6. The number of carbonyl (C=O) groups is 1. The molecule has 0 unspecified atom stereocenters. The summed E-state index contributed by atoms with van der Waals surface area (Å²) in [4.78, 5) is 24.3. The molecule has 24 heavy (non-hydrogen) atoms. The molecule has 3 aromatic rings. The number of imidazole rings is 1. The minimum Gasteiger partial charge on any atom is -0.323 e. The topological polar surface area (TPSA) is 56.0 Å². The molecular weight excluding hydrogens is 333 g/mol. The Kier molecular flexibility index (Phi) is 4.40. The van der Waals surface area contributed by atoms with Crippen molar-refractivity contribution in [3.05, 3.63) is 63.8 Å². The fraction of sp³-hybridized carbons (Fsp3) is 0.176. The second-order valence-electron chi connectivity index (χ2n) is 5.40. The number of halogens is 2. The number of nitrogens with one attached hydrogen (secondary N) is 1. The van der Waals surface area contributed by atoms with Gasteiger partial charge < -0.3 is 5.32 Å². The van der Waals surface area contributed by atoms with Gasteiger partial charge in [0.2, 0.25) is 5.91 Å². The standard InChI is InChI=1S/C17H15ClFN3O2/c1-21-14-4-2-3-5-15(14)22(17(21)24)9-8-16(23)20-13-10-11(18)6-7-12(13)19/h2-7,10H,8-9H2,1H3,(H,20,23). The van der Waals surface area contributed by atoms with Crippen LogP contribution < -0.4 is 11.0 Å². The van der Waals surface area contributed by atoms with E-state index in [-0.39, 0.29) is 24.3 Å². The molecule has 1 aromatic heterocycles. The van der Waals surface area contributed by atoms with Crippen molar-refractivity contribution >= 4 is 34.2 Å². The first-order valence-corrected chi connectivity index (χ1v) is 7.74. The van der Waals surface area contributed by atoms with E-state index >= 15 is 0 Å². The van der Waals surface area contributed by atoms with E-state index in [0.29, 0.717) is 5.02 Å². The predicted octanol–water partition coefficient (Wildman–Crippen LogP) is 3.16. The molecular formula is C17H15ClFN3O2. The number of hydrogen-bond donors (Lipinski definition) is 1. The fourth-order valence-corrected chi connectivity index (χ4v) is 2.77. The van der Waals surface area contributed by atoms with Gasteiger partial charge in [-0.25, -0.2) is 9.18 Å². The summed E-state index contributed by atoms with van der Waals surface area (Å²) in [5.74, 6) is -0.953. The zero-order chi connectivity index (χ0) is 17.3. The zero-order valence-corrected chi connectivity index (χ0v) is 13.7. The summed E-state index contributed by atoms with van der Waals surface area (Å²) in [7, 11) is 1.68. The number of anilines is 1. The molecule has 1 heterocycles. The number of fused-ring (bicyclic) bond motifs is 1. The average molecular weight is 348 g/mol. The highest BCUT2D eigenvalue weighted by atomic mass is 35.5. The van der Waals surface area contributed by atoms with E-state index in [1.165, 1.54) is 27.3 Å². The van der Waals surface area contributed by atoms with Crippen LogP contribution in [0.2, 0.25) is 5.02 Å². The van der Waals surface area contributed by atoms with Gasteiger partial charge in [0.15, 0.2) is 0 Å². The Morgan fingerprint density at radius 3 is 2.67 bits per heavy atom. The molecule has 0 aliphatic rings. The third-order valence-corrected chi connectivity index (χ3v) is 4.05. The molecule has 0 radical (unpaired) electrons. The third kappa shape index (κ3) is 3.05. The lowest BCUT2D eigenvalue weighted by atomic mass is 10.3. The molecule has 0 aliphatic carbocycles. The lowest BCUT2D eigenvalue weighted by Crippen LogP contribution is -2.24. The lowest BCUT2D eigenvalue weighted by Gasteiger charge is -2.07. The Hall–Kier alpha value is -2.60. The van der Waals surface area contributed by atoms with Crippen molar-refractivity contribution < 1.29 is 9.18 Å². The van der Waals surface area contributed by atoms with Gasteiger partial charge >= 0.3 is 5.69 Å². The van der Waals surface area contributed by atoms with Crippen LogP contribution in [0.5, 0.6) is 0 Å². The number of aromatic nitrogens is 2. The maximum Gasteiger partial charge on any atom is 0.328 e. The summed E-state index contributed by atoms with van der Waals surface area (Å²) in [6.45, 7) is 0.203. The van der Waals surface area contributed by atoms with Crippen molar-refractivity contribution in [2.24, 2.45) is 7.05 Å². The molecule has 0 fully saturated rings. The quantitative estimate of drug-likeness (QED) is 0.788. The highest BCUT2D eigenvalue weighted by molar-refractivity contribution is 6.30. The Labute approximate surface area is 142 Å². The predicted molar refractivity (Wildman–Crippen MR) is 91.8 cm³/mol. The first-order valence-electron chi connectivity index (χ1n) is 7.36. The highest BCUT2D eigenvalue weighted by Crippen LogP contribution is 2.20. The van der Waals surface area contributed by atoms with Crippen LogP contribution >= 0.6 is 11.6 Å². The van der Waals surface area contributed by atoms with E-state index in [1.807, 2.05) is 24.3 Å². The molecule has 0 atom stereocenters. The smallest absolute Gasteiger partial charge is 0.323 e. The van der Waals surface area contributed by atoms with Crippen LogP contribution in [0.4, 0.5) is 10.1 Å². The number of carbonyl (C=O) groups excluding carboxylic acids is 1. The number of amides is 1. The van der Waals surface area contributed by atoms with Crippen molar-refractivity contribution in [2.45, 2.75) is 13.0 Å². The number of hydrogen-bond acceptors (Lipinski definition) is 2. The molecule has 1 amide bonds. The molecule has 0 saturated carbocycles. The van der Waals surface area contributed by atoms with E-state index in [1.54, 1.807) is 7.05 Å². The maximum absolute atomic E-state index is 13.6. The number of aryl methyl sites for hydroxylation is 2. The van der Waals surface area contributed by atoms with Gasteiger partial charge in [-0.1, -0.05) is 23.7 Å². The van der Waals surface area contributed by atoms with Crippen molar-refractivity contribution in [1.29, 1.82) is 0 Å². The Balaban J connectivity index is 1.77. The normalized spacial score (nSPS) is 11.0. The second-order valence-corrected chi connectivity index (χ2v) is 5.84. The summed E-state index contributed by atoms with van der Waals surface area (Å²) >= 11 is 5.80. The van der Waals surface area contributed by atoms with Crippen LogP contribution in [0.25, 0.3) is 11.0 Å². The molecule has 2 aromatic carbocycles. The molecule has 3 rings (SSSR count). The van der Waals surface area contributed by atoms with Gasteiger partial charge in [-0.2, -0.15) is 0 Å². The Bertz CT molecular complexity index is 978. The van der Waals surface area contributed by atoms with Crippen LogP contribution in [-0.4, -0.2) is 15.0 Å². The zero-order valence-electron chi connectivity index (χ0n) is 12.9. The average Bonchev–Trinajstić information content (AvgIpc) is 2.81. The highest BCUT2D eigenvalue weighted by Gasteiger charge is 2.12. The monoisotopic (exact) mass is 347 g/mol. The number of para-hydroxylation sites is 2. The lowest BCUT2D eigenvalue weighted by molar-refractivity contribution is -0.116. The summed E-state index contributed by atoms with van der Waals surface area (Å²) in [6, 6.07) is 11.3. The molecule has 0 saturated heterocycles.